The van der Waals surface area contributed by atoms with Gasteiger partial charge in [0.15, 0.2) is 0 Å². The molecule has 2 rings (SSSR count). The van der Waals surface area contributed by atoms with Crippen LogP contribution in [0.15, 0.2) is 43.0 Å². The van der Waals surface area contributed by atoms with Gasteiger partial charge < -0.3 is 10.3 Å². The van der Waals surface area contributed by atoms with Crippen LogP contribution >= 0.6 is 12.2 Å². The van der Waals surface area contributed by atoms with Crippen molar-refractivity contribution in [2.75, 3.05) is 0 Å². The van der Waals surface area contributed by atoms with E-state index in [1.807, 2.05) is 35.0 Å². The summed E-state index contributed by atoms with van der Waals surface area (Å²) < 4.78 is 1.88. The predicted molar refractivity (Wildman–Crippen MR) is 59.5 cm³/mol. The van der Waals surface area contributed by atoms with E-state index in [1.165, 1.54) is 0 Å². The summed E-state index contributed by atoms with van der Waals surface area (Å²) in [5.41, 5.74) is 7.44. The van der Waals surface area contributed by atoms with Gasteiger partial charge in [-0.05, 0) is 12.1 Å². The molecular formula is C10H9N3S. The molecule has 70 valence electrons. The van der Waals surface area contributed by atoms with E-state index in [9.17, 15) is 0 Å². The van der Waals surface area contributed by atoms with Crippen molar-refractivity contribution in [3.05, 3.63) is 48.5 Å². The van der Waals surface area contributed by atoms with E-state index in [0.29, 0.717) is 4.99 Å². The second-order valence-electron chi connectivity index (χ2n) is 2.85. The lowest BCUT2D eigenvalue weighted by atomic mass is 10.2. The Bertz CT molecular complexity index is 448. The highest BCUT2D eigenvalue weighted by Crippen LogP contribution is 2.13. The first-order valence-corrected chi connectivity index (χ1v) is 4.57. The third kappa shape index (κ3) is 1.52. The Balaban J connectivity index is 2.58. The number of thiocarbonyl (C=S) groups is 1. The molecular weight excluding hydrogens is 194 g/mol. The zero-order valence-corrected chi connectivity index (χ0v) is 8.24. The van der Waals surface area contributed by atoms with Crippen LogP contribution in [0.3, 0.4) is 0 Å². The minimum Gasteiger partial charge on any atom is -0.389 e. The van der Waals surface area contributed by atoms with Crippen molar-refractivity contribution in [1.29, 1.82) is 0 Å². The SMILES string of the molecule is NC(=S)c1ccccc1-n1ccnc1. The van der Waals surface area contributed by atoms with Gasteiger partial charge in [0, 0.05) is 18.0 Å². The molecule has 1 heterocycles. The van der Waals surface area contributed by atoms with Crippen LogP contribution in [-0.2, 0) is 0 Å². The molecule has 0 aliphatic rings. The normalized spacial score (nSPS) is 10.0. The minimum absolute atomic E-state index is 0.398. The number of aromatic nitrogens is 2. The second kappa shape index (κ2) is 3.59. The van der Waals surface area contributed by atoms with E-state index in [1.54, 1.807) is 12.5 Å². The van der Waals surface area contributed by atoms with Crippen LogP contribution in [0.1, 0.15) is 5.56 Å². The average molecular weight is 203 g/mol. The lowest BCUT2D eigenvalue weighted by molar-refractivity contribution is 1.05. The van der Waals surface area contributed by atoms with Crippen LogP contribution in [0.4, 0.5) is 0 Å². The number of hydrogen-bond acceptors (Lipinski definition) is 2. The molecule has 0 saturated carbocycles. The highest BCUT2D eigenvalue weighted by Gasteiger charge is 2.04. The molecule has 0 fully saturated rings. The molecule has 2 N–H and O–H groups in total. The molecule has 0 aliphatic heterocycles. The first-order valence-electron chi connectivity index (χ1n) is 4.16. The summed E-state index contributed by atoms with van der Waals surface area (Å²) in [5.74, 6) is 0. The average Bonchev–Trinajstić information content (AvgIpc) is 2.70. The second-order valence-corrected chi connectivity index (χ2v) is 3.29. The number of hydrogen-bond donors (Lipinski definition) is 1. The van der Waals surface area contributed by atoms with Crippen molar-refractivity contribution in [3.63, 3.8) is 0 Å². The number of para-hydroxylation sites is 1. The Kier molecular flexibility index (Phi) is 2.28. The van der Waals surface area contributed by atoms with Gasteiger partial charge in [0.05, 0.1) is 12.0 Å². The maximum absolute atomic E-state index is 5.62. The van der Waals surface area contributed by atoms with E-state index >= 15 is 0 Å². The Morgan fingerprint density at radius 3 is 2.79 bits per heavy atom. The van der Waals surface area contributed by atoms with Gasteiger partial charge in [-0.2, -0.15) is 0 Å². The number of benzene rings is 1. The summed E-state index contributed by atoms with van der Waals surface area (Å²) >= 11 is 4.97. The largest absolute Gasteiger partial charge is 0.389 e. The van der Waals surface area contributed by atoms with Crippen molar-refractivity contribution in [2.24, 2.45) is 5.73 Å². The molecule has 0 radical (unpaired) electrons. The van der Waals surface area contributed by atoms with Gasteiger partial charge in [0.2, 0.25) is 0 Å². The lowest BCUT2D eigenvalue weighted by Gasteiger charge is -2.07. The third-order valence-corrected chi connectivity index (χ3v) is 2.17. The number of imidazole rings is 1. The number of rotatable bonds is 2. The summed E-state index contributed by atoms with van der Waals surface area (Å²) in [6, 6.07) is 7.71. The quantitative estimate of drug-likeness (QED) is 0.752. The van der Waals surface area contributed by atoms with Crippen molar-refractivity contribution in [1.82, 2.24) is 9.55 Å². The van der Waals surface area contributed by atoms with Gasteiger partial charge in [-0.25, -0.2) is 4.98 Å². The van der Waals surface area contributed by atoms with Gasteiger partial charge in [0.1, 0.15) is 4.99 Å². The summed E-state index contributed by atoms with van der Waals surface area (Å²) in [4.78, 5) is 4.38. The molecule has 0 amide bonds. The Morgan fingerprint density at radius 2 is 2.14 bits per heavy atom. The highest BCUT2D eigenvalue weighted by atomic mass is 32.1. The number of nitrogens with zero attached hydrogens (tertiary/aromatic N) is 2. The third-order valence-electron chi connectivity index (χ3n) is 1.95. The molecule has 1 aromatic carbocycles. The van der Waals surface area contributed by atoms with Gasteiger partial charge in [0.25, 0.3) is 0 Å². The fourth-order valence-corrected chi connectivity index (χ4v) is 1.48. The Hall–Kier alpha value is -1.68. The summed E-state index contributed by atoms with van der Waals surface area (Å²) in [7, 11) is 0. The fraction of sp³-hybridized carbons (Fsp3) is 0. The van der Waals surface area contributed by atoms with Crippen LogP contribution in [0, 0.1) is 0 Å². The molecule has 0 atom stereocenters. The van der Waals surface area contributed by atoms with Crippen molar-refractivity contribution in [2.45, 2.75) is 0 Å². The molecule has 2 aromatic rings. The number of nitrogens with two attached hydrogens (primary N) is 1. The van der Waals surface area contributed by atoms with Crippen LogP contribution in [0.5, 0.6) is 0 Å². The van der Waals surface area contributed by atoms with Crippen molar-refractivity contribution in [3.8, 4) is 5.69 Å². The summed E-state index contributed by atoms with van der Waals surface area (Å²) in [5, 5.41) is 0. The monoisotopic (exact) mass is 203 g/mol. The van der Waals surface area contributed by atoms with Gasteiger partial charge in [-0.3, -0.25) is 0 Å². The van der Waals surface area contributed by atoms with E-state index < -0.39 is 0 Å². The molecule has 0 bridgehead atoms. The topological polar surface area (TPSA) is 43.8 Å². The zero-order chi connectivity index (χ0) is 9.97. The van der Waals surface area contributed by atoms with Crippen molar-refractivity contribution >= 4 is 17.2 Å². The van der Waals surface area contributed by atoms with E-state index in [-0.39, 0.29) is 0 Å². The van der Waals surface area contributed by atoms with Crippen LogP contribution in [-0.4, -0.2) is 14.5 Å². The molecule has 0 aliphatic carbocycles. The Morgan fingerprint density at radius 1 is 1.36 bits per heavy atom. The first-order chi connectivity index (χ1) is 6.79. The minimum atomic E-state index is 0.398. The molecule has 4 heteroatoms. The lowest BCUT2D eigenvalue weighted by Crippen LogP contribution is -2.12. The predicted octanol–water partition coefficient (Wildman–Crippen LogP) is 1.51. The summed E-state index contributed by atoms with van der Waals surface area (Å²) in [6.45, 7) is 0. The van der Waals surface area contributed by atoms with Crippen LogP contribution in [0.25, 0.3) is 5.69 Å². The maximum atomic E-state index is 5.62. The molecule has 1 aromatic heterocycles. The van der Waals surface area contributed by atoms with E-state index in [2.05, 4.69) is 4.98 Å². The molecule has 14 heavy (non-hydrogen) atoms. The van der Waals surface area contributed by atoms with E-state index in [4.69, 9.17) is 18.0 Å². The van der Waals surface area contributed by atoms with Gasteiger partial charge >= 0.3 is 0 Å². The zero-order valence-electron chi connectivity index (χ0n) is 7.42. The molecule has 3 nitrogen and oxygen atoms in total. The van der Waals surface area contributed by atoms with E-state index in [0.717, 1.165) is 11.3 Å². The van der Waals surface area contributed by atoms with Crippen LogP contribution in [0.2, 0.25) is 0 Å². The van der Waals surface area contributed by atoms with Crippen LogP contribution < -0.4 is 5.73 Å². The molecule has 0 unspecified atom stereocenters. The van der Waals surface area contributed by atoms with Gasteiger partial charge in [-0.1, -0.05) is 24.4 Å². The molecule has 0 saturated heterocycles. The smallest absolute Gasteiger partial charge is 0.106 e. The van der Waals surface area contributed by atoms with Crippen molar-refractivity contribution < 1.29 is 0 Å². The molecule has 0 spiro atoms. The highest BCUT2D eigenvalue weighted by molar-refractivity contribution is 7.80. The first kappa shape index (κ1) is 8.90. The summed E-state index contributed by atoms with van der Waals surface area (Å²) in [6.07, 6.45) is 5.30. The van der Waals surface area contributed by atoms with Gasteiger partial charge in [-0.15, -0.1) is 0 Å². The Labute approximate surface area is 87.2 Å². The standard InChI is InChI=1S/C10H9N3S/c11-10(14)8-3-1-2-4-9(8)13-6-5-12-7-13/h1-7H,(H2,11,14). The fourth-order valence-electron chi connectivity index (χ4n) is 1.31. The maximum Gasteiger partial charge on any atom is 0.106 e.